The maximum Gasteiger partial charge on any atom is 0.211 e. The quantitative estimate of drug-likeness (QED) is 0.841. The van der Waals surface area contributed by atoms with Crippen LogP contribution in [0, 0.1) is 13.8 Å². The molecular weight excluding hydrogens is 326 g/mol. The van der Waals surface area contributed by atoms with Gasteiger partial charge in [-0.05, 0) is 26.7 Å². The number of aryl methyl sites for hydroxylation is 2. The Balaban J connectivity index is 1.93. The van der Waals surface area contributed by atoms with Crippen molar-refractivity contribution >= 4 is 10.0 Å². The molecule has 24 heavy (non-hydrogen) atoms. The lowest BCUT2D eigenvalue weighted by atomic mass is 9.96. The van der Waals surface area contributed by atoms with Crippen LogP contribution in [0.5, 0.6) is 0 Å². The standard InChI is InChI=1S/C16H23N5O2S/c1-11-16(12(2)20(3)19-11)15-9-17-8-14(18-15)13-6-5-7-21(10-13)24(4,22)23/h8-9,13H,5-7,10H2,1-4H3. The Bertz CT molecular complexity index is 859. The van der Waals surface area contributed by atoms with Gasteiger partial charge in [-0.2, -0.15) is 5.10 Å². The summed E-state index contributed by atoms with van der Waals surface area (Å²) in [5.41, 5.74) is 4.61. The van der Waals surface area contributed by atoms with Crippen LogP contribution < -0.4 is 0 Å². The summed E-state index contributed by atoms with van der Waals surface area (Å²) < 4.78 is 27.0. The maximum absolute atomic E-state index is 11.8. The minimum absolute atomic E-state index is 0.0817. The Morgan fingerprint density at radius 1 is 1.25 bits per heavy atom. The van der Waals surface area contributed by atoms with Gasteiger partial charge in [0.15, 0.2) is 0 Å². The largest absolute Gasteiger partial charge is 0.272 e. The highest BCUT2D eigenvalue weighted by atomic mass is 32.2. The predicted octanol–water partition coefficient (Wildman–Crippen LogP) is 1.63. The van der Waals surface area contributed by atoms with Gasteiger partial charge < -0.3 is 0 Å². The summed E-state index contributed by atoms with van der Waals surface area (Å²) in [4.78, 5) is 9.13. The summed E-state index contributed by atoms with van der Waals surface area (Å²) in [6, 6.07) is 0. The molecule has 7 nitrogen and oxygen atoms in total. The molecule has 130 valence electrons. The first-order chi connectivity index (χ1) is 11.3. The van der Waals surface area contributed by atoms with Crippen molar-refractivity contribution in [2.75, 3.05) is 19.3 Å². The fourth-order valence-electron chi connectivity index (χ4n) is 3.33. The van der Waals surface area contributed by atoms with Crippen LogP contribution in [0.3, 0.4) is 0 Å². The summed E-state index contributed by atoms with van der Waals surface area (Å²) in [5.74, 6) is 0.0817. The molecule has 1 atom stereocenters. The van der Waals surface area contributed by atoms with Gasteiger partial charge in [-0.15, -0.1) is 0 Å². The van der Waals surface area contributed by atoms with Crippen molar-refractivity contribution in [1.29, 1.82) is 0 Å². The van der Waals surface area contributed by atoms with Crippen molar-refractivity contribution in [1.82, 2.24) is 24.1 Å². The van der Waals surface area contributed by atoms with Crippen molar-refractivity contribution in [3.05, 3.63) is 29.5 Å². The molecule has 2 aromatic rings. The second kappa shape index (κ2) is 6.25. The van der Waals surface area contributed by atoms with Gasteiger partial charge in [-0.1, -0.05) is 0 Å². The van der Waals surface area contributed by atoms with E-state index in [1.165, 1.54) is 10.6 Å². The number of sulfonamides is 1. The third-order valence-corrected chi connectivity index (χ3v) is 5.96. The van der Waals surface area contributed by atoms with Crippen LogP contribution in [0.2, 0.25) is 0 Å². The fourth-order valence-corrected chi connectivity index (χ4v) is 4.24. The number of aromatic nitrogens is 4. The van der Waals surface area contributed by atoms with E-state index in [0.717, 1.165) is 41.2 Å². The Labute approximate surface area is 142 Å². The fraction of sp³-hybridized carbons (Fsp3) is 0.562. The second-order valence-electron chi connectivity index (χ2n) is 6.46. The number of nitrogens with zero attached hydrogens (tertiary/aromatic N) is 5. The van der Waals surface area contributed by atoms with Gasteiger partial charge in [0.1, 0.15) is 0 Å². The first kappa shape index (κ1) is 17.0. The van der Waals surface area contributed by atoms with E-state index in [-0.39, 0.29) is 5.92 Å². The Morgan fingerprint density at radius 2 is 2.00 bits per heavy atom. The van der Waals surface area contributed by atoms with Crippen LogP contribution in [0.4, 0.5) is 0 Å². The summed E-state index contributed by atoms with van der Waals surface area (Å²) in [7, 11) is -1.26. The maximum atomic E-state index is 11.8. The molecule has 0 radical (unpaired) electrons. The van der Waals surface area contributed by atoms with Gasteiger partial charge >= 0.3 is 0 Å². The van der Waals surface area contributed by atoms with Crippen LogP contribution in [-0.4, -0.2) is 51.8 Å². The molecule has 1 aliphatic rings. The molecule has 0 N–H and O–H groups in total. The summed E-state index contributed by atoms with van der Waals surface area (Å²) in [6.07, 6.45) is 6.53. The van der Waals surface area contributed by atoms with Gasteiger partial charge in [-0.25, -0.2) is 17.7 Å². The van der Waals surface area contributed by atoms with Crippen molar-refractivity contribution < 1.29 is 8.42 Å². The van der Waals surface area contributed by atoms with Crippen LogP contribution >= 0.6 is 0 Å². The molecule has 3 heterocycles. The van der Waals surface area contributed by atoms with E-state index in [2.05, 4.69) is 10.1 Å². The second-order valence-corrected chi connectivity index (χ2v) is 8.44. The molecule has 1 fully saturated rings. The van der Waals surface area contributed by atoms with Crippen molar-refractivity contribution in [2.24, 2.45) is 7.05 Å². The van der Waals surface area contributed by atoms with Crippen molar-refractivity contribution in [2.45, 2.75) is 32.6 Å². The van der Waals surface area contributed by atoms with Gasteiger partial charge in [0.05, 0.1) is 29.5 Å². The van der Waals surface area contributed by atoms with E-state index in [4.69, 9.17) is 4.98 Å². The lowest BCUT2D eigenvalue weighted by molar-refractivity contribution is 0.314. The normalized spacial score (nSPS) is 19.6. The van der Waals surface area contributed by atoms with E-state index in [1.54, 1.807) is 12.4 Å². The Morgan fingerprint density at radius 3 is 2.62 bits per heavy atom. The highest BCUT2D eigenvalue weighted by Gasteiger charge is 2.28. The molecule has 1 unspecified atom stereocenters. The molecule has 0 saturated carbocycles. The summed E-state index contributed by atoms with van der Waals surface area (Å²) >= 11 is 0. The minimum Gasteiger partial charge on any atom is -0.272 e. The molecule has 3 rings (SSSR count). The number of hydrogen-bond donors (Lipinski definition) is 0. The zero-order valence-corrected chi connectivity index (χ0v) is 15.3. The predicted molar refractivity (Wildman–Crippen MR) is 92.1 cm³/mol. The summed E-state index contributed by atoms with van der Waals surface area (Å²) in [5, 5.41) is 4.43. The molecule has 0 aliphatic carbocycles. The first-order valence-electron chi connectivity index (χ1n) is 8.05. The van der Waals surface area contributed by atoms with Gasteiger partial charge in [0.2, 0.25) is 10.0 Å². The van der Waals surface area contributed by atoms with Crippen LogP contribution in [-0.2, 0) is 17.1 Å². The minimum atomic E-state index is -3.17. The van der Waals surface area contributed by atoms with E-state index >= 15 is 0 Å². The number of rotatable bonds is 3. The van der Waals surface area contributed by atoms with Crippen LogP contribution in [0.1, 0.15) is 35.8 Å². The van der Waals surface area contributed by atoms with Gasteiger partial charge in [-0.3, -0.25) is 9.67 Å². The Hall–Kier alpha value is -1.80. The van der Waals surface area contributed by atoms with Crippen molar-refractivity contribution in [3.63, 3.8) is 0 Å². The zero-order chi connectivity index (χ0) is 17.5. The first-order valence-corrected chi connectivity index (χ1v) is 9.90. The molecule has 0 aromatic carbocycles. The Kier molecular flexibility index (Phi) is 4.44. The van der Waals surface area contributed by atoms with E-state index < -0.39 is 10.0 Å². The van der Waals surface area contributed by atoms with Gasteiger partial charge in [0, 0.05) is 43.5 Å². The van der Waals surface area contributed by atoms with Crippen LogP contribution in [0.15, 0.2) is 12.4 Å². The average Bonchev–Trinajstić information content (AvgIpc) is 2.79. The van der Waals surface area contributed by atoms with E-state index in [9.17, 15) is 8.42 Å². The lowest BCUT2D eigenvalue weighted by Crippen LogP contribution is -2.38. The molecule has 8 heteroatoms. The van der Waals surface area contributed by atoms with Crippen molar-refractivity contribution in [3.8, 4) is 11.3 Å². The molecule has 1 saturated heterocycles. The molecule has 0 amide bonds. The lowest BCUT2D eigenvalue weighted by Gasteiger charge is -2.30. The molecule has 0 bridgehead atoms. The molecular formula is C16H23N5O2S. The molecule has 1 aliphatic heterocycles. The summed E-state index contributed by atoms with van der Waals surface area (Å²) in [6.45, 7) is 5.03. The smallest absolute Gasteiger partial charge is 0.211 e. The number of piperidine rings is 1. The molecule has 2 aromatic heterocycles. The third kappa shape index (κ3) is 3.21. The zero-order valence-electron chi connectivity index (χ0n) is 14.5. The van der Waals surface area contributed by atoms with E-state index in [1.807, 2.05) is 25.6 Å². The van der Waals surface area contributed by atoms with Crippen LogP contribution in [0.25, 0.3) is 11.3 Å². The monoisotopic (exact) mass is 349 g/mol. The highest BCUT2D eigenvalue weighted by Crippen LogP contribution is 2.29. The van der Waals surface area contributed by atoms with E-state index in [0.29, 0.717) is 13.1 Å². The average molecular weight is 349 g/mol. The SMILES string of the molecule is Cc1nn(C)c(C)c1-c1cncc(C2CCCN(S(C)(=O)=O)C2)n1. The highest BCUT2D eigenvalue weighted by molar-refractivity contribution is 7.88. The number of hydrogen-bond acceptors (Lipinski definition) is 5. The topological polar surface area (TPSA) is 81.0 Å². The molecule has 0 spiro atoms. The van der Waals surface area contributed by atoms with Gasteiger partial charge in [0.25, 0.3) is 0 Å². The third-order valence-electron chi connectivity index (χ3n) is 4.69.